The van der Waals surface area contributed by atoms with Gasteiger partial charge >= 0.3 is 0 Å². The third-order valence-corrected chi connectivity index (χ3v) is 3.00. The summed E-state index contributed by atoms with van der Waals surface area (Å²) in [6, 6.07) is 4.24. The zero-order valence-electron chi connectivity index (χ0n) is 9.06. The first-order chi connectivity index (χ1) is 7.66. The number of aromatic hydroxyl groups is 2. The number of hydrogen-bond acceptors (Lipinski definition) is 4. The molecule has 1 saturated heterocycles. The van der Waals surface area contributed by atoms with E-state index in [4.69, 9.17) is 0 Å². The van der Waals surface area contributed by atoms with E-state index in [9.17, 15) is 15.3 Å². The average molecular weight is 223 g/mol. The van der Waals surface area contributed by atoms with Crippen molar-refractivity contribution in [3.05, 3.63) is 23.8 Å². The molecular formula is C12H17NO3. The van der Waals surface area contributed by atoms with Gasteiger partial charge in [-0.1, -0.05) is 6.42 Å². The molecule has 0 saturated carbocycles. The number of piperidine rings is 1. The molecule has 2 atom stereocenters. The Morgan fingerprint density at radius 2 is 1.81 bits per heavy atom. The van der Waals surface area contributed by atoms with Crippen molar-refractivity contribution in [1.82, 2.24) is 5.32 Å². The lowest BCUT2D eigenvalue weighted by molar-refractivity contribution is 0.113. The molecule has 4 nitrogen and oxygen atoms in total. The van der Waals surface area contributed by atoms with Crippen molar-refractivity contribution in [3.63, 3.8) is 0 Å². The standard InChI is InChI=1S/C12H17NO3/c14-9-5-8(6-10(15)7-9)12(16)11-3-1-2-4-13-11/h5-7,11-16H,1-4H2/t11-,12?/m1/s1. The van der Waals surface area contributed by atoms with Gasteiger partial charge in [0.05, 0.1) is 6.10 Å². The summed E-state index contributed by atoms with van der Waals surface area (Å²) in [6.07, 6.45) is 2.46. The van der Waals surface area contributed by atoms with Crippen molar-refractivity contribution in [2.45, 2.75) is 31.4 Å². The molecular weight excluding hydrogens is 206 g/mol. The maximum atomic E-state index is 10.1. The molecule has 88 valence electrons. The molecule has 2 rings (SSSR count). The monoisotopic (exact) mass is 223 g/mol. The number of aliphatic hydroxyl groups is 1. The Morgan fingerprint density at radius 1 is 1.12 bits per heavy atom. The van der Waals surface area contributed by atoms with Crippen LogP contribution in [0.4, 0.5) is 0 Å². The van der Waals surface area contributed by atoms with Gasteiger partial charge in [0.25, 0.3) is 0 Å². The van der Waals surface area contributed by atoms with E-state index in [0.29, 0.717) is 5.56 Å². The van der Waals surface area contributed by atoms with E-state index in [-0.39, 0.29) is 17.5 Å². The summed E-state index contributed by atoms with van der Waals surface area (Å²) in [5.41, 5.74) is 0.553. The van der Waals surface area contributed by atoms with E-state index < -0.39 is 6.10 Å². The number of rotatable bonds is 2. The summed E-state index contributed by atoms with van der Waals surface area (Å²) in [5, 5.41) is 32.1. The van der Waals surface area contributed by atoms with Crippen molar-refractivity contribution in [1.29, 1.82) is 0 Å². The third-order valence-electron chi connectivity index (χ3n) is 3.00. The maximum absolute atomic E-state index is 10.1. The second-order valence-corrected chi connectivity index (χ2v) is 4.28. The minimum absolute atomic E-state index is 0.00921. The van der Waals surface area contributed by atoms with Gasteiger partial charge in [-0.25, -0.2) is 0 Å². The van der Waals surface area contributed by atoms with Crippen LogP contribution < -0.4 is 5.32 Å². The molecule has 1 unspecified atom stereocenters. The molecule has 1 aromatic carbocycles. The predicted molar refractivity (Wildman–Crippen MR) is 60.4 cm³/mol. The quantitative estimate of drug-likeness (QED) is 0.609. The second-order valence-electron chi connectivity index (χ2n) is 4.28. The first-order valence-corrected chi connectivity index (χ1v) is 5.61. The zero-order valence-corrected chi connectivity index (χ0v) is 9.06. The smallest absolute Gasteiger partial charge is 0.119 e. The van der Waals surface area contributed by atoms with Crippen LogP contribution in [-0.2, 0) is 0 Å². The molecule has 0 spiro atoms. The Labute approximate surface area is 94.5 Å². The molecule has 1 aliphatic heterocycles. The summed E-state index contributed by atoms with van der Waals surface area (Å²) in [4.78, 5) is 0. The van der Waals surface area contributed by atoms with Crippen molar-refractivity contribution < 1.29 is 15.3 Å². The van der Waals surface area contributed by atoms with Crippen molar-refractivity contribution in [3.8, 4) is 11.5 Å². The summed E-state index contributed by atoms with van der Waals surface area (Å²) in [6.45, 7) is 0.909. The average Bonchev–Trinajstić information content (AvgIpc) is 2.28. The summed E-state index contributed by atoms with van der Waals surface area (Å²) in [7, 11) is 0. The van der Waals surface area contributed by atoms with Gasteiger partial charge in [0.1, 0.15) is 11.5 Å². The van der Waals surface area contributed by atoms with Crippen LogP contribution in [0.5, 0.6) is 11.5 Å². The van der Waals surface area contributed by atoms with E-state index in [0.717, 1.165) is 25.8 Å². The fraction of sp³-hybridized carbons (Fsp3) is 0.500. The lowest BCUT2D eigenvalue weighted by Gasteiger charge is -2.28. The van der Waals surface area contributed by atoms with Crippen LogP contribution in [0.2, 0.25) is 0 Å². The Kier molecular flexibility index (Phi) is 3.31. The molecule has 1 aliphatic rings. The number of phenolic OH excluding ortho intramolecular Hbond substituents is 2. The third kappa shape index (κ3) is 2.46. The highest BCUT2D eigenvalue weighted by atomic mass is 16.3. The minimum atomic E-state index is -0.682. The lowest BCUT2D eigenvalue weighted by Crippen LogP contribution is -2.38. The molecule has 16 heavy (non-hydrogen) atoms. The molecule has 0 amide bonds. The highest BCUT2D eigenvalue weighted by Crippen LogP contribution is 2.28. The normalized spacial score (nSPS) is 22.9. The lowest BCUT2D eigenvalue weighted by atomic mass is 9.95. The number of aliphatic hydroxyl groups excluding tert-OH is 1. The topological polar surface area (TPSA) is 72.7 Å². The molecule has 4 N–H and O–H groups in total. The number of phenols is 2. The largest absolute Gasteiger partial charge is 0.508 e. The van der Waals surface area contributed by atoms with Crippen molar-refractivity contribution in [2.75, 3.05) is 6.54 Å². The predicted octanol–water partition coefficient (Wildman–Crippen LogP) is 1.27. The molecule has 1 heterocycles. The number of nitrogens with one attached hydrogen (secondary N) is 1. The van der Waals surface area contributed by atoms with E-state index in [2.05, 4.69) is 5.32 Å². The summed E-state index contributed by atoms with van der Waals surface area (Å²) < 4.78 is 0. The van der Waals surface area contributed by atoms with E-state index in [1.807, 2.05) is 0 Å². The van der Waals surface area contributed by atoms with Crippen molar-refractivity contribution in [2.24, 2.45) is 0 Å². The van der Waals surface area contributed by atoms with Gasteiger partial charge in [-0.2, -0.15) is 0 Å². The molecule has 1 aromatic rings. The Morgan fingerprint density at radius 3 is 2.38 bits per heavy atom. The van der Waals surface area contributed by atoms with Gasteiger partial charge in [-0.15, -0.1) is 0 Å². The van der Waals surface area contributed by atoms with Crippen LogP contribution >= 0.6 is 0 Å². The fourth-order valence-corrected chi connectivity index (χ4v) is 2.17. The highest BCUT2D eigenvalue weighted by Gasteiger charge is 2.23. The van der Waals surface area contributed by atoms with Gasteiger partial charge in [-0.05, 0) is 37.1 Å². The Balaban J connectivity index is 2.15. The van der Waals surface area contributed by atoms with Crippen molar-refractivity contribution >= 4 is 0 Å². The summed E-state index contributed by atoms with van der Waals surface area (Å²) in [5.74, 6) is -0.0466. The fourth-order valence-electron chi connectivity index (χ4n) is 2.17. The molecule has 1 fully saturated rings. The number of hydrogen-bond donors (Lipinski definition) is 4. The van der Waals surface area contributed by atoms with Gasteiger partial charge in [0.2, 0.25) is 0 Å². The van der Waals surface area contributed by atoms with Gasteiger partial charge < -0.3 is 20.6 Å². The van der Waals surface area contributed by atoms with Crippen LogP contribution in [0.15, 0.2) is 18.2 Å². The van der Waals surface area contributed by atoms with Gasteiger partial charge in [0, 0.05) is 12.1 Å². The first-order valence-electron chi connectivity index (χ1n) is 5.61. The van der Waals surface area contributed by atoms with E-state index in [1.165, 1.54) is 18.2 Å². The van der Waals surface area contributed by atoms with E-state index in [1.54, 1.807) is 0 Å². The molecule has 0 radical (unpaired) electrons. The van der Waals surface area contributed by atoms with Gasteiger partial charge in [0.15, 0.2) is 0 Å². The number of benzene rings is 1. The van der Waals surface area contributed by atoms with Gasteiger partial charge in [-0.3, -0.25) is 0 Å². The molecule has 4 heteroatoms. The Hall–Kier alpha value is -1.26. The Bertz CT molecular complexity index is 341. The minimum Gasteiger partial charge on any atom is -0.508 e. The van der Waals surface area contributed by atoms with Crippen LogP contribution in [-0.4, -0.2) is 27.9 Å². The van der Waals surface area contributed by atoms with Crippen LogP contribution in [0.1, 0.15) is 30.9 Å². The molecule has 0 bridgehead atoms. The highest BCUT2D eigenvalue weighted by molar-refractivity contribution is 5.38. The maximum Gasteiger partial charge on any atom is 0.119 e. The molecule has 0 aromatic heterocycles. The summed E-state index contributed by atoms with van der Waals surface area (Å²) >= 11 is 0. The van der Waals surface area contributed by atoms with E-state index >= 15 is 0 Å². The first kappa shape index (κ1) is 11.2. The SMILES string of the molecule is Oc1cc(O)cc(C(O)[C@H]2CCCCN2)c1. The van der Waals surface area contributed by atoms with Crippen LogP contribution in [0.25, 0.3) is 0 Å². The second kappa shape index (κ2) is 4.72. The van der Waals surface area contributed by atoms with Crippen LogP contribution in [0.3, 0.4) is 0 Å². The van der Waals surface area contributed by atoms with Crippen LogP contribution in [0, 0.1) is 0 Å². The zero-order chi connectivity index (χ0) is 11.5. The molecule has 0 aliphatic carbocycles.